The summed E-state index contributed by atoms with van der Waals surface area (Å²) in [6, 6.07) is 23.1. The van der Waals surface area contributed by atoms with Crippen LogP contribution in [0.5, 0.6) is 0 Å². The lowest BCUT2D eigenvalue weighted by Gasteiger charge is -2.28. The molecule has 3 aromatic rings. The van der Waals surface area contributed by atoms with Gasteiger partial charge < -0.3 is 5.32 Å². The third-order valence-electron chi connectivity index (χ3n) is 8.33. The zero-order valence-corrected chi connectivity index (χ0v) is 19.9. The molecule has 0 radical (unpaired) electrons. The van der Waals surface area contributed by atoms with Crippen molar-refractivity contribution < 1.29 is 14.4 Å². The molecule has 35 heavy (non-hydrogen) atoms. The quantitative estimate of drug-likeness (QED) is 0.520. The van der Waals surface area contributed by atoms with E-state index in [2.05, 4.69) is 17.4 Å². The number of hydrogen-bond donors (Lipinski definition) is 1. The van der Waals surface area contributed by atoms with E-state index in [4.69, 9.17) is 0 Å². The van der Waals surface area contributed by atoms with Crippen LogP contribution in [0.25, 0.3) is 0 Å². The molecule has 3 aromatic carbocycles. The van der Waals surface area contributed by atoms with Crippen molar-refractivity contribution in [3.8, 4) is 0 Å². The summed E-state index contributed by atoms with van der Waals surface area (Å²) in [5, 5.41) is 3.00. The fraction of sp³-hybridized carbons (Fsp3) is 0.300. The number of nitrogens with one attached hydrogen (secondary N) is 1. The molecular formula is C30H28N2O3. The lowest BCUT2D eigenvalue weighted by Crippen LogP contribution is -2.33. The molecule has 5 nitrogen and oxygen atoms in total. The molecule has 0 aromatic heterocycles. The first-order chi connectivity index (χ1) is 16.9. The van der Waals surface area contributed by atoms with E-state index in [1.54, 1.807) is 24.3 Å². The first-order valence-corrected chi connectivity index (χ1v) is 12.3. The van der Waals surface area contributed by atoms with Crippen LogP contribution in [0.3, 0.4) is 0 Å². The van der Waals surface area contributed by atoms with E-state index in [-0.39, 0.29) is 41.4 Å². The molecule has 3 amide bonds. The number of imide groups is 1. The summed E-state index contributed by atoms with van der Waals surface area (Å²) in [7, 11) is 0. The minimum atomic E-state index is -0.265. The molecule has 5 heteroatoms. The minimum absolute atomic E-state index is 0.105. The van der Waals surface area contributed by atoms with Crippen molar-refractivity contribution in [2.24, 2.45) is 23.7 Å². The number of anilines is 2. The maximum Gasteiger partial charge on any atom is 0.255 e. The van der Waals surface area contributed by atoms with Crippen molar-refractivity contribution >= 4 is 29.1 Å². The zero-order chi connectivity index (χ0) is 24.3. The molecule has 2 saturated carbocycles. The maximum atomic E-state index is 13.6. The Labute approximate surface area is 205 Å². The van der Waals surface area contributed by atoms with Gasteiger partial charge in [0.25, 0.3) is 5.91 Å². The van der Waals surface area contributed by atoms with Crippen molar-refractivity contribution in [3.63, 3.8) is 0 Å². The average Bonchev–Trinajstić information content (AvgIpc) is 3.53. The Balaban J connectivity index is 1.27. The van der Waals surface area contributed by atoms with Gasteiger partial charge in [0.2, 0.25) is 11.8 Å². The second-order valence-corrected chi connectivity index (χ2v) is 10.2. The summed E-state index contributed by atoms with van der Waals surface area (Å²) in [4.78, 5) is 41.5. The number of hydrogen-bond acceptors (Lipinski definition) is 3. The number of nitrogens with zero attached hydrogens (tertiary/aromatic N) is 1. The van der Waals surface area contributed by atoms with E-state index in [0.717, 1.165) is 29.7 Å². The van der Waals surface area contributed by atoms with Crippen LogP contribution >= 0.6 is 0 Å². The molecule has 6 rings (SSSR count). The Morgan fingerprint density at radius 3 is 2.26 bits per heavy atom. The number of aryl methyl sites for hydroxylation is 2. The maximum absolute atomic E-state index is 13.6. The van der Waals surface area contributed by atoms with Crippen molar-refractivity contribution in [3.05, 3.63) is 95.1 Å². The van der Waals surface area contributed by atoms with Gasteiger partial charge >= 0.3 is 0 Å². The topological polar surface area (TPSA) is 66.5 Å². The fourth-order valence-electron chi connectivity index (χ4n) is 6.78. The van der Waals surface area contributed by atoms with E-state index in [1.807, 2.05) is 50.2 Å². The summed E-state index contributed by atoms with van der Waals surface area (Å²) in [6.45, 7) is 3.91. The molecule has 1 N–H and O–H groups in total. The SMILES string of the molecule is Cc1cccc(C)c1NC(=O)c1cccc(N2C(=O)[C@H]3[C@H]4C[C@@H]([C@@H]3C2=O)[C@@H](c2ccccc2)C4)c1. The van der Waals surface area contributed by atoms with Gasteiger partial charge in [-0.2, -0.15) is 0 Å². The lowest BCUT2D eigenvalue weighted by atomic mass is 9.73. The van der Waals surface area contributed by atoms with Crippen LogP contribution in [0.2, 0.25) is 0 Å². The summed E-state index contributed by atoms with van der Waals surface area (Å²) >= 11 is 0. The molecule has 2 bridgehead atoms. The van der Waals surface area contributed by atoms with Gasteiger partial charge in [0, 0.05) is 11.3 Å². The Hall–Kier alpha value is -3.73. The summed E-state index contributed by atoms with van der Waals surface area (Å²) in [5.41, 5.74) is 4.93. The van der Waals surface area contributed by atoms with Gasteiger partial charge in [0.15, 0.2) is 0 Å². The number of carbonyl (C=O) groups is 3. The van der Waals surface area contributed by atoms with Crippen molar-refractivity contribution in [2.75, 3.05) is 10.2 Å². The zero-order valence-electron chi connectivity index (χ0n) is 19.9. The van der Waals surface area contributed by atoms with Crippen LogP contribution < -0.4 is 10.2 Å². The van der Waals surface area contributed by atoms with Crippen molar-refractivity contribution in [2.45, 2.75) is 32.6 Å². The highest BCUT2D eigenvalue weighted by molar-refractivity contribution is 6.23. The molecule has 0 spiro atoms. The second-order valence-electron chi connectivity index (χ2n) is 10.2. The average molecular weight is 465 g/mol. The highest BCUT2D eigenvalue weighted by atomic mass is 16.2. The van der Waals surface area contributed by atoms with Gasteiger partial charge in [-0.3, -0.25) is 19.3 Å². The molecule has 5 atom stereocenters. The largest absolute Gasteiger partial charge is 0.322 e. The van der Waals surface area contributed by atoms with E-state index in [0.29, 0.717) is 17.2 Å². The predicted octanol–water partition coefficient (Wildman–Crippen LogP) is 5.48. The first kappa shape index (κ1) is 21.8. The molecule has 2 aliphatic carbocycles. The van der Waals surface area contributed by atoms with Gasteiger partial charge in [-0.25, -0.2) is 0 Å². The minimum Gasteiger partial charge on any atom is -0.322 e. The van der Waals surface area contributed by atoms with E-state index in [1.165, 1.54) is 10.5 Å². The fourth-order valence-corrected chi connectivity index (χ4v) is 6.78. The van der Waals surface area contributed by atoms with Crippen LogP contribution in [0.15, 0.2) is 72.8 Å². The number of carbonyl (C=O) groups excluding carboxylic acids is 3. The lowest BCUT2D eigenvalue weighted by molar-refractivity contribution is -0.123. The van der Waals surface area contributed by atoms with Gasteiger partial charge in [0.05, 0.1) is 17.5 Å². The van der Waals surface area contributed by atoms with Crippen molar-refractivity contribution in [1.29, 1.82) is 0 Å². The third kappa shape index (κ3) is 3.41. The third-order valence-corrected chi connectivity index (χ3v) is 8.33. The second kappa shape index (κ2) is 8.19. The van der Waals surface area contributed by atoms with Crippen LogP contribution in [0.1, 0.15) is 45.8 Å². The first-order valence-electron chi connectivity index (χ1n) is 12.3. The molecular weight excluding hydrogens is 436 g/mol. The Kier molecular flexibility index (Phi) is 5.10. The molecule has 1 heterocycles. The summed E-state index contributed by atoms with van der Waals surface area (Å²) in [5.74, 6) is -0.206. The Morgan fingerprint density at radius 2 is 1.51 bits per heavy atom. The Morgan fingerprint density at radius 1 is 0.829 bits per heavy atom. The highest BCUT2D eigenvalue weighted by Gasteiger charge is 2.64. The van der Waals surface area contributed by atoms with Gasteiger partial charge in [-0.15, -0.1) is 0 Å². The smallest absolute Gasteiger partial charge is 0.255 e. The molecule has 0 unspecified atom stereocenters. The van der Waals surface area contributed by atoms with Crippen LogP contribution in [-0.4, -0.2) is 17.7 Å². The normalized spacial score (nSPS) is 26.8. The number of fused-ring (bicyclic) bond motifs is 5. The standard InChI is InChI=1S/C30H28N2O3/c1-17-8-6-9-18(2)27(17)31-28(33)20-12-7-13-22(14-20)32-29(34)25-21-15-23(19-10-4-3-5-11-19)24(16-21)26(25)30(32)35/h3-14,21,23-26H,15-16H2,1-2H3,(H,31,33)/t21-,23-,24-,25+,26+/m1/s1. The van der Waals surface area contributed by atoms with Gasteiger partial charge in [-0.05, 0) is 79.3 Å². The van der Waals surface area contributed by atoms with Crippen LogP contribution in [-0.2, 0) is 9.59 Å². The van der Waals surface area contributed by atoms with Crippen LogP contribution in [0.4, 0.5) is 11.4 Å². The van der Waals surface area contributed by atoms with Gasteiger partial charge in [0.1, 0.15) is 0 Å². The number of benzene rings is 3. The van der Waals surface area contributed by atoms with Crippen molar-refractivity contribution in [1.82, 2.24) is 0 Å². The number of rotatable bonds is 4. The highest BCUT2D eigenvalue weighted by Crippen LogP contribution is 2.61. The molecule has 176 valence electrons. The van der Waals surface area contributed by atoms with E-state index >= 15 is 0 Å². The molecule has 3 fully saturated rings. The molecule has 3 aliphatic rings. The van der Waals surface area contributed by atoms with Gasteiger partial charge in [-0.1, -0.05) is 54.6 Å². The van der Waals surface area contributed by atoms with Crippen LogP contribution in [0, 0.1) is 37.5 Å². The Bertz CT molecular complexity index is 1330. The summed E-state index contributed by atoms with van der Waals surface area (Å²) < 4.78 is 0. The molecule has 1 saturated heterocycles. The monoisotopic (exact) mass is 464 g/mol. The number of amides is 3. The predicted molar refractivity (Wildman–Crippen MR) is 135 cm³/mol. The van der Waals surface area contributed by atoms with E-state index < -0.39 is 0 Å². The number of para-hydroxylation sites is 1. The molecule has 1 aliphatic heterocycles. The van der Waals surface area contributed by atoms with E-state index in [9.17, 15) is 14.4 Å². The summed E-state index contributed by atoms with van der Waals surface area (Å²) in [6.07, 6.45) is 1.90.